The zero-order valence-corrected chi connectivity index (χ0v) is 11.4. The summed E-state index contributed by atoms with van der Waals surface area (Å²) in [7, 11) is 2.11. The van der Waals surface area contributed by atoms with E-state index in [1.165, 1.54) is 32.1 Å². The Morgan fingerprint density at radius 1 is 1.22 bits per heavy atom. The molecule has 0 amide bonds. The van der Waals surface area contributed by atoms with Gasteiger partial charge in [0.05, 0.1) is 4.92 Å². The Labute approximate surface area is 112 Å². The quantitative estimate of drug-likeness (QED) is 0.471. The van der Waals surface area contributed by atoms with E-state index < -0.39 is 0 Å². The van der Waals surface area contributed by atoms with E-state index in [0.29, 0.717) is 6.04 Å². The van der Waals surface area contributed by atoms with Crippen LogP contribution in [0.1, 0.15) is 32.1 Å². The van der Waals surface area contributed by atoms with E-state index in [4.69, 9.17) is 0 Å². The molecule has 0 spiro atoms. The summed E-state index contributed by atoms with van der Waals surface area (Å²) >= 11 is 1.68. The van der Waals surface area contributed by atoms with Crippen molar-refractivity contribution >= 4 is 17.6 Å². The van der Waals surface area contributed by atoms with Crippen molar-refractivity contribution in [2.75, 3.05) is 7.05 Å². The number of nitrogens with zero attached hydrogens (tertiary/aromatic N) is 2. The van der Waals surface area contributed by atoms with Crippen LogP contribution in [0.15, 0.2) is 29.2 Å². The number of hydrogen-bond acceptors (Lipinski definition) is 4. The first-order chi connectivity index (χ1) is 8.66. The van der Waals surface area contributed by atoms with Crippen molar-refractivity contribution in [1.29, 1.82) is 0 Å². The maximum Gasteiger partial charge on any atom is 0.269 e. The van der Waals surface area contributed by atoms with Crippen molar-refractivity contribution in [3.8, 4) is 0 Å². The molecule has 0 aromatic heterocycles. The van der Waals surface area contributed by atoms with Gasteiger partial charge in [-0.1, -0.05) is 19.3 Å². The molecule has 1 fully saturated rings. The monoisotopic (exact) mass is 266 g/mol. The van der Waals surface area contributed by atoms with Crippen LogP contribution in [0, 0.1) is 10.1 Å². The lowest BCUT2D eigenvalue weighted by atomic mass is 9.96. The Hall–Kier alpha value is -1.07. The molecular weight excluding hydrogens is 248 g/mol. The minimum absolute atomic E-state index is 0.152. The highest BCUT2D eigenvalue weighted by Gasteiger charge is 2.18. The molecule has 4 nitrogen and oxygen atoms in total. The third-order valence-electron chi connectivity index (χ3n) is 3.39. The van der Waals surface area contributed by atoms with Gasteiger partial charge in [-0.2, -0.15) is 0 Å². The van der Waals surface area contributed by atoms with Crippen molar-refractivity contribution in [2.45, 2.75) is 43.0 Å². The lowest BCUT2D eigenvalue weighted by Gasteiger charge is -2.29. The molecule has 0 bridgehead atoms. The second kappa shape index (κ2) is 6.20. The van der Waals surface area contributed by atoms with Gasteiger partial charge in [-0.3, -0.25) is 10.1 Å². The van der Waals surface area contributed by atoms with Crippen LogP contribution < -0.4 is 0 Å². The normalized spacial score (nSPS) is 17.0. The Balaban J connectivity index is 1.93. The molecule has 0 heterocycles. The van der Waals surface area contributed by atoms with Gasteiger partial charge in [0.1, 0.15) is 0 Å². The molecule has 1 aliphatic carbocycles. The van der Waals surface area contributed by atoms with Gasteiger partial charge in [0.15, 0.2) is 0 Å². The van der Waals surface area contributed by atoms with Crippen LogP contribution in [-0.4, -0.2) is 22.3 Å². The first kappa shape index (κ1) is 13.4. The second-order valence-corrected chi connectivity index (χ2v) is 5.91. The standard InChI is InChI=1S/C13H18N2O2S/c1-14(11-5-3-2-4-6-11)18-13-9-7-12(8-10-13)15(16)17/h7-11H,2-6H2,1H3. The summed E-state index contributed by atoms with van der Waals surface area (Å²) in [5.41, 5.74) is 0.152. The number of benzene rings is 1. The smallest absolute Gasteiger partial charge is 0.258 e. The summed E-state index contributed by atoms with van der Waals surface area (Å²) in [4.78, 5) is 11.3. The van der Waals surface area contributed by atoms with Crippen LogP contribution in [0.4, 0.5) is 5.69 Å². The van der Waals surface area contributed by atoms with Crippen LogP contribution in [0.5, 0.6) is 0 Å². The van der Waals surface area contributed by atoms with E-state index in [1.54, 1.807) is 24.1 Å². The fraction of sp³-hybridized carbons (Fsp3) is 0.538. The van der Waals surface area contributed by atoms with Gasteiger partial charge >= 0.3 is 0 Å². The maximum atomic E-state index is 10.6. The van der Waals surface area contributed by atoms with Crippen molar-refractivity contribution in [3.63, 3.8) is 0 Å². The highest BCUT2D eigenvalue weighted by Crippen LogP contribution is 2.30. The first-order valence-electron chi connectivity index (χ1n) is 6.32. The average molecular weight is 266 g/mol. The summed E-state index contributed by atoms with van der Waals surface area (Å²) in [5, 5.41) is 10.6. The van der Waals surface area contributed by atoms with Gasteiger partial charge < -0.3 is 0 Å². The number of rotatable bonds is 4. The predicted octanol–water partition coefficient (Wildman–Crippen LogP) is 3.87. The molecule has 0 radical (unpaired) electrons. The molecule has 0 saturated heterocycles. The molecule has 1 aromatic carbocycles. The molecule has 2 rings (SSSR count). The lowest BCUT2D eigenvalue weighted by molar-refractivity contribution is -0.384. The van der Waals surface area contributed by atoms with Gasteiger partial charge in [0, 0.05) is 23.1 Å². The topological polar surface area (TPSA) is 46.4 Å². The van der Waals surface area contributed by atoms with Crippen LogP contribution in [0.3, 0.4) is 0 Å². The second-order valence-electron chi connectivity index (χ2n) is 4.68. The van der Waals surface area contributed by atoms with E-state index in [9.17, 15) is 10.1 Å². The highest BCUT2D eigenvalue weighted by molar-refractivity contribution is 7.97. The highest BCUT2D eigenvalue weighted by atomic mass is 32.2. The zero-order chi connectivity index (χ0) is 13.0. The van der Waals surface area contributed by atoms with Crippen molar-refractivity contribution in [1.82, 2.24) is 4.31 Å². The summed E-state index contributed by atoms with van der Waals surface area (Å²) in [6.45, 7) is 0. The van der Waals surface area contributed by atoms with E-state index >= 15 is 0 Å². The maximum absolute atomic E-state index is 10.6. The minimum Gasteiger partial charge on any atom is -0.258 e. The molecule has 1 saturated carbocycles. The van der Waals surface area contributed by atoms with Gasteiger partial charge in [-0.05, 0) is 44.0 Å². The van der Waals surface area contributed by atoms with E-state index in [-0.39, 0.29) is 10.6 Å². The molecule has 0 N–H and O–H groups in total. The van der Waals surface area contributed by atoms with Gasteiger partial charge in [-0.15, -0.1) is 0 Å². The Bertz CT molecular complexity index is 402. The van der Waals surface area contributed by atoms with Gasteiger partial charge in [0.2, 0.25) is 0 Å². The van der Waals surface area contributed by atoms with Crippen LogP contribution in [0.2, 0.25) is 0 Å². The van der Waals surface area contributed by atoms with Crippen LogP contribution in [0.25, 0.3) is 0 Å². The first-order valence-corrected chi connectivity index (χ1v) is 7.09. The van der Waals surface area contributed by atoms with Crippen LogP contribution >= 0.6 is 11.9 Å². The predicted molar refractivity (Wildman–Crippen MR) is 73.6 cm³/mol. The third-order valence-corrected chi connectivity index (χ3v) is 4.45. The number of hydrogen-bond donors (Lipinski definition) is 0. The number of nitro benzene ring substituents is 1. The molecular formula is C13H18N2O2S. The number of nitro groups is 1. The molecule has 5 heteroatoms. The van der Waals surface area contributed by atoms with Gasteiger partial charge in [-0.25, -0.2) is 4.31 Å². The van der Waals surface area contributed by atoms with Crippen molar-refractivity contribution < 1.29 is 4.92 Å². The SMILES string of the molecule is CN(Sc1ccc([N+](=O)[O-])cc1)C1CCCCC1. The Morgan fingerprint density at radius 2 is 1.83 bits per heavy atom. The van der Waals surface area contributed by atoms with E-state index in [1.807, 2.05) is 12.1 Å². The molecule has 98 valence electrons. The van der Waals surface area contributed by atoms with Crippen molar-refractivity contribution in [3.05, 3.63) is 34.4 Å². The molecule has 0 atom stereocenters. The molecule has 1 aromatic rings. The number of non-ortho nitro benzene ring substituents is 1. The largest absolute Gasteiger partial charge is 0.269 e. The third kappa shape index (κ3) is 3.46. The summed E-state index contributed by atoms with van der Waals surface area (Å²) in [6, 6.07) is 7.41. The summed E-state index contributed by atoms with van der Waals surface area (Å²) in [6.07, 6.45) is 6.51. The molecule has 0 aliphatic heterocycles. The fourth-order valence-electron chi connectivity index (χ4n) is 2.31. The molecule has 18 heavy (non-hydrogen) atoms. The zero-order valence-electron chi connectivity index (χ0n) is 10.5. The Kier molecular flexibility index (Phi) is 4.60. The molecule has 1 aliphatic rings. The van der Waals surface area contributed by atoms with E-state index in [0.717, 1.165) is 4.90 Å². The van der Waals surface area contributed by atoms with Gasteiger partial charge in [0.25, 0.3) is 5.69 Å². The Morgan fingerprint density at radius 3 is 2.39 bits per heavy atom. The fourth-order valence-corrected chi connectivity index (χ4v) is 3.26. The lowest BCUT2D eigenvalue weighted by Crippen LogP contribution is -2.27. The summed E-state index contributed by atoms with van der Waals surface area (Å²) in [5.74, 6) is 0. The van der Waals surface area contributed by atoms with E-state index in [2.05, 4.69) is 11.4 Å². The minimum atomic E-state index is -0.362. The summed E-state index contributed by atoms with van der Waals surface area (Å²) < 4.78 is 2.29. The van der Waals surface area contributed by atoms with Crippen LogP contribution in [-0.2, 0) is 0 Å². The molecule has 0 unspecified atom stereocenters. The van der Waals surface area contributed by atoms with Crippen molar-refractivity contribution in [2.24, 2.45) is 0 Å². The average Bonchev–Trinajstić information content (AvgIpc) is 2.40.